The zero-order valence-electron chi connectivity index (χ0n) is 9.32. The molecule has 0 saturated carbocycles. The highest BCUT2D eigenvalue weighted by Gasteiger charge is 1.99. The van der Waals surface area contributed by atoms with Crippen molar-refractivity contribution in [2.75, 3.05) is 0 Å². The molecule has 0 bridgehead atoms. The predicted octanol–water partition coefficient (Wildman–Crippen LogP) is 3.54. The van der Waals surface area contributed by atoms with Crippen LogP contribution < -0.4 is 0 Å². The number of rotatable bonds is 2. The molecule has 0 fully saturated rings. The first kappa shape index (κ1) is 9.85. The van der Waals surface area contributed by atoms with E-state index in [1.165, 1.54) is 11.1 Å². The van der Waals surface area contributed by atoms with E-state index in [4.69, 9.17) is 0 Å². The molecule has 3 rings (SSSR count). The fraction of sp³-hybridized carbons (Fsp3) is 0. The van der Waals surface area contributed by atoms with Gasteiger partial charge in [-0.15, -0.1) is 0 Å². The highest BCUT2D eigenvalue weighted by atomic mass is 15.0. The van der Waals surface area contributed by atoms with E-state index in [1.807, 2.05) is 23.2 Å². The van der Waals surface area contributed by atoms with Gasteiger partial charge in [-0.1, -0.05) is 42.5 Å². The van der Waals surface area contributed by atoms with Crippen LogP contribution in [0.25, 0.3) is 16.8 Å². The summed E-state index contributed by atoms with van der Waals surface area (Å²) in [6.45, 7) is 0. The van der Waals surface area contributed by atoms with Crippen molar-refractivity contribution in [2.24, 2.45) is 0 Å². The van der Waals surface area contributed by atoms with Crippen molar-refractivity contribution in [3.8, 4) is 16.8 Å². The van der Waals surface area contributed by atoms with Crippen LogP contribution in [-0.4, -0.2) is 9.55 Å². The van der Waals surface area contributed by atoms with Gasteiger partial charge < -0.3 is 4.57 Å². The normalized spacial score (nSPS) is 10.4. The van der Waals surface area contributed by atoms with E-state index in [2.05, 4.69) is 53.5 Å². The van der Waals surface area contributed by atoms with Gasteiger partial charge in [0.1, 0.15) is 0 Å². The van der Waals surface area contributed by atoms with Gasteiger partial charge >= 0.3 is 0 Å². The summed E-state index contributed by atoms with van der Waals surface area (Å²) in [6, 6.07) is 18.8. The number of aromatic nitrogens is 2. The van der Waals surface area contributed by atoms with E-state index in [9.17, 15) is 0 Å². The average molecular weight is 220 g/mol. The Bertz CT molecular complexity index is 598. The largest absolute Gasteiger partial charge is 0.306 e. The zero-order chi connectivity index (χ0) is 11.5. The fourth-order valence-corrected chi connectivity index (χ4v) is 1.89. The van der Waals surface area contributed by atoms with Crippen molar-refractivity contribution < 1.29 is 0 Å². The van der Waals surface area contributed by atoms with Crippen LogP contribution in [0.2, 0.25) is 0 Å². The maximum Gasteiger partial charge on any atom is 0.0991 e. The minimum absolute atomic E-state index is 1.13. The number of imidazole rings is 1. The van der Waals surface area contributed by atoms with Crippen LogP contribution in [0.4, 0.5) is 0 Å². The molecule has 0 amide bonds. The summed E-state index contributed by atoms with van der Waals surface area (Å²) in [5, 5.41) is 0. The summed E-state index contributed by atoms with van der Waals surface area (Å²) in [6.07, 6.45) is 5.55. The molecule has 2 nitrogen and oxygen atoms in total. The van der Waals surface area contributed by atoms with Gasteiger partial charge in [-0.3, -0.25) is 0 Å². The molecule has 0 spiro atoms. The molecule has 0 unspecified atom stereocenters. The van der Waals surface area contributed by atoms with Gasteiger partial charge in [-0.05, 0) is 23.3 Å². The summed E-state index contributed by atoms with van der Waals surface area (Å²) in [4.78, 5) is 4.06. The second-order valence-electron chi connectivity index (χ2n) is 3.89. The molecular formula is C15H12N2. The minimum Gasteiger partial charge on any atom is -0.306 e. The maximum atomic E-state index is 4.06. The second-order valence-corrected chi connectivity index (χ2v) is 3.89. The first-order chi connectivity index (χ1) is 8.43. The van der Waals surface area contributed by atoms with Crippen molar-refractivity contribution in [1.82, 2.24) is 9.55 Å². The summed E-state index contributed by atoms with van der Waals surface area (Å²) in [5.41, 5.74) is 3.58. The zero-order valence-corrected chi connectivity index (χ0v) is 9.32. The monoisotopic (exact) mass is 220 g/mol. The van der Waals surface area contributed by atoms with Gasteiger partial charge in [0, 0.05) is 18.1 Å². The summed E-state index contributed by atoms with van der Waals surface area (Å²) >= 11 is 0. The molecular weight excluding hydrogens is 208 g/mol. The van der Waals surface area contributed by atoms with Crippen LogP contribution in [0.3, 0.4) is 0 Å². The lowest BCUT2D eigenvalue weighted by Gasteiger charge is -2.05. The summed E-state index contributed by atoms with van der Waals surface area (Å²) in [7, 11) is 0. The summed E-state index contributed by atoms with van der Waals surface area (Å²) in [5.74, 6) is 0. The summed E-state index contributed by atoms with van der Waals surface area (Å²) < 4.78 is 2.01. The molecule has 17 heavy (non-hydrogen) atoms. The average Bonchev–Trinajstić information content (AvgIpc) is 2.94. The molecule has 2 aromatic carbocycles. The smallest absolute Gasteiger partial charge is 0.0991 e. The molecule has 0 N–H and O–H groups in total. The molecule has 82 valence electrons. The van der Waals surface area contributed by atoms with E-state index in [1.54, 1.807) is 6.20 Å². The topological polar surface area (TPSA) is 17.8 Å². The van der Waals surface area contributed by atoms with E-state index in [0.29, 0.717) is 0 Å². The fourth-order valence-electron chi connectivity index (χ4n) is 1.89. The van der Waals surface area contributed by atoms with Gasteiger partial charge in [-0.25, -0.2) is 4.98 Å². The van der Waals surface area contributed by atoms with Gasteiger partial charge in [-0.2, -0.15) is 0 Å². The van der Waals surface area contributed by atoms with Crippen LogP contribution >= 0.6 is 0 Å². The molecule has 0 saturated heterocycles. The number of hydrogen-bond acceptors (Lipinski definition) is 1. The lowest BCUT2D eigenvalue weighted by Crippen LogP contribution is -1.89. The van der Waals surface area contributed by atoms with Crippen molar-refractivity contribution in [1.29, 1.82) is 0 Å². The molecule has 1 aromatic heterocycles. The molecule has 0 aliphatic heterocycles. The van der Waals surface area contributed by atoms with Gasteiger partial charge in [0.15, 0.2) is 0 Å². The Morgan fingerprint density at radius 2 is 1.65 bits per heavy atom. The van der Waals surface area contributed by atoms with Gasteiger partial charge in [0.2, 0.25) is 0 Å². The third-order valence-electron chi connectivity index (χ3n) is 2.76. The quantitative estimate of drug-likeness (QED) is 0.646. The molecule has 0 atom stereocenters. The van der Waals surface area contributed by atoms with Crippen LogP contribution in [0.5, 0.6) is 0 Å². The Morgan fingerprint density at radius 3 is 2.41 bits per heavy atom. The van der Waals surface area contributed by atoms with Crippen molar-refractivity contribution in [3.05, 3.63) is 73.3 Å². The van der Waals surface area contributed by atoms with Crippen LogP contribution in [-0.2, 0) is 0 Å². The number of hydrogen-bond donors (Lipinski definition) is 0. The molecule has 1 heterocycles. The Kier molecular flexibility index (Phi) is 2.47. The Morgan fingerprint density at radius 1 is 0.824 bits per heavy atom. The van der Waals surface area contributed by atoms with Crippen LogP contribution in [0.15, 0.2) is 73.3 Å². The third kappa shape index (κ3) is 1.97. The number of nitrogens with zero attached hydrogens (tertiary/aromatic N) is 2. The first-order valence-electron chi connectivity index (χ1n) is 5.57. The van der Waals surface area contributed by atoms with E-state index in [0.717, 1.165) is 5.69 Å². The molecule has 2 heteroatoms. The van der Waals surface area contributed by atoms with E-state index < -0.39 is 0 Å². The SMILES string of the molecule is c1ccc(-c2cccc(-n3ccnc3)c2)cc1. The molecule has 0 aliphatic rings. The Hall–Kier alpha value is -2.35. The van der Waals surface area contributed by atoms with Crippen molar-refractivity contribution >= 4 is 0 Å². The molecule has 0 aliphatic carbocycles. The Balaban J connectivity index is 2.06. The standard InChI is InChI=1S/C15H12N2/c1-2-5-13(6-3-1)14-7-4-8-15(11-14)17-10-9-16-12-17/h1-12H. The van der Waals surface area contributed by atoms with Crippen molar-refractivity contribution in [2.45, 2.75) is 0 Å². The first-order valence-corrected chi connectivity index (χ1v) is 5.57. The maximum absolute atomic E-state index is 4.06. The lowest BCUT2D eigenvalue weighted by atomic mass is 10.1. The van der Waals surface area contributed by atoms with Crippen LogP contribution in [0, 0.1) is 0 Å². The highest BCUT2D eigenvalue weighted by Crippen LogP contribution is 2.21. The van der Waals surface area contributed by atoms with Crippen LogP contribution in [0.1, 0.15) is 0 Å². The third-order valence-corrected chi connectivity index (χ3v) is 2.76. The lowest BCUT2D eigenvalue weighted by molar-refractivity contribution is 1.06. The minimum atomic E-state index is 1.13. The van der Waals surface area contributed by atoms with E-state index >= 15 is 0 Å². The Labute approximate surface area is 100 Å². The number of benzene rings is 2. The molecule has 3 aromatic rings. The predicted molar refractivity (Wildman–Crippen MR) is 69.0 cm³/mol. The second kappa shape index (κ2) is 4.26. The van der Waals surface area contributed by atoms with Crippen molar-refractivity contribution in [3.63, 3.8) is 0 Å². The van der Waals surface area contributed by atoms with Gasteiger partial charge in [0.25, 0.3) is 0 Å². The van der Waals surface area contributed by atoms with Gasteiger partial charge in [0.05, 0.1) is 6.33 Å². The molecule has 0 radical (unpaired) electrons. The van der Waals surface area contributed by atoms with E-state index in [-0.39, 0.29) is 0 Å². The highest BCUT2D eigenvalue weighted by molar-refractivity contribution is 5.65.